The average Bonchev–Trinajstić information content (AvgIpc) is 2.95. The van der Waals surface area contributed by atoms with Gasteiger partial charge in [0.05, 0.1) is 18.3 Å². The van der Waals surface area contributed by atoms with Crippen molar-refractivity contribution in [2.45, 2.75) is 26.4 Å². The third kappa shape index (κ3) is 3.68. The lowest BCUT2D eigenvalue weighted by atomic mass is 10.0. The zero-order chi connectivity index (χ0) is 18.7. The van der Waals surface area contributed by atoms with E-state index >= 15 is 0 Å². The van der Waals surface area contributed by atoms with Crippen LogP contribution in [0, 0.1) is 6.92 Å². The smallest absolute Gasteiger partial charge is 0.263 e. The number of carbonyl (C=O) groups is 1. The molecule has 0 saturated heterocycles. The number of ether oxygens (including phenoxy) is 1. The Bertz CT molecular complexity index is 979. The highest BCUT2D eigenvalue weighted by Crippen LogP contribution is 2.35. The highest BCUT2D eigenvalue weighted by Gasteiger charge is 2.18. The molecule has 0 aliphatic heterocycles. The topological polar surface area (TPSA) is 73.2 Å². The molecule has 1 aromatic carbocycles. The molecule has 0 saturated carbocycles. The fraction of sp³-hybridized carbons (Fsp3) is 0.316. The monoisotopic (exact) mass is 371 g/mol. The molecule has 1 atom stereocenters. The minimum atomic E-state index is -0.244. The number of rotatable bonds is 6. The maximum Gasteiger partial charge on any atom is 0.263 e. The maximum absolute atomic E-state index is 13.0. The van der Waals surface area contributed by atoms with Crippen LogP contribution in [0.4, 0.5) is 0 Å². The SMILES string of the molecule is COCC(C)NC(=O)Cn1cnc2sc(C)c(-c3ccccc3)c2c1=O. The number of hydrogen-bond donors (Lipinski definition) is 1. The number of aryl methyl sites for hydroxylation is 1. The van der Waals surface area contributed by atoms with Crippen LogP contribution in [0.25, 0.3) is 21.3 Å². The zero-order valence-electron chi connectivity index (χ0n) is 15.0. The average molecular weight is 371 g/mol. The van der Waals surface area contributed by atoms with E-state index in [-0.39, 0.29) is 24.1 Å². The first-order chi connectivity index (χ1) is 12.5. The number of carbonyl (C=O) groups excluding carboxylic acids is 1. The van der Waals surface area contributed by atoms with Crippen LogP contribution < -0.4 is 10.9 Å². The van der Waals surface area contributed by atoms with Gasteiger partial charge in [0, 0.05) is 23.6 Å². The Hall–Kier alpha value is -2.51. The molecule has 0 radical (unpaired) electrons. The third-order valence-electron chi connectivity index (χ3n) is 4.06. The molecule has 0 aliphatic carbocycles. The molecule has 1 unspecified atom stereocenters. The molecule has 0 aliphatic rings. The minimum absolute atomic E-state index is 0.0705. The summed E-state index contributed by atoms with van der Waals surface area (Å²) in [5, 5.41) is 3.38. The molecular formula is C19H21N3O3S. The van der Waals surface area contributed by atoms with Gasteiger partial charge in [0.2, 0.25) is 5.91 Å². The van der Waals surface area contributed by atoms with Crippen molar-refractivity contribution in [3.8, 4) is 11.1 Å². The van der Waals surface area contributed by atoms with Gasteiger partial charge < -0.3 is 10.1 Å². The van der Waals surface area contributed by atoms with Crippen molar-refractivity contribution < 1.29 is 9.53 Å². The molecule has 7 heteroatoms. The van der Waals surface area contributed by atoms with Crippen molar-refractivity contribution in [2.24, 2.45) is 0 Å². The largest absolute Gasteiger partial charge is 0.383 e. The van der Waals surface area contributed by atoms with Crippen LogP contribution in [0.1, 0.15) is 11.8 Å². The summed E-state index contributed by atoms with van der Waals surface area (Å²) in [6.07, 6.45) is 1.44. The Labute approximate surface area is 155 Å². The summed E-state index contributed by atoms with van der Waals surface area (Å²) < 4.78 is 6.37. The zero-order valence-corrected chi connectivity index (χ0v) is 15.8. The van der Waals surface area contributed by atoms with Gasteiger partial charge in [-0.2, -0.15) is 0 Å². The number of thiophene rings is 1. The van der Waals surface area contributed by atoms with E-state index in [1.165, 1.54) is 22.2 Å². The van der Waals surface area contributed by atoms with Crippen molar-refractivity contribution >= 4 is 27.5 Å². The predicted molar refractivity (Wildman–Crippen MR) is 104 cm³/mol. The number of benzene rings is 1. The quantitative estimate of drug-likeness (QED) is 0.723. The molecule has 2 aromatic heterocycles. The van der Waals surface area contributed by atoms with E-state index in [9.17, 15) is 9.59 Å². The first-order valence-corrected chi connectivity index (χ1v) is 9.15. The van der Waals surface area contributed by atoms with E-state index in [1.807, 2.05) is 44.2 Å². The van der Waals surface area contributed by atoms with Gasteiger partial charge in [-0.05, 0) is 19.4 Å². The summed E-state index contributed by atoms with van der Waals surface area (Å²) in [5.41, 5.74) is 1.67. The second-order valence-electron chi connectivity index (χ2n) is 6.18. The fourth-order valence-electron chi connectivity index (χ4n) is 2.97. The van der Waals surface area contributed by atoms with Gasteiger partial charge in [-0.15, -0.1) is 11.3 Å². The first kappa shape index (κ1) is 18.3. The van der Waals surface area contributed by atoms with Crippen molar-refractivity contribution in [1.82, 2.24) is 14.9 Å². The Balaban J connectivity index is 1.98. The second-order valence-corrected chi connectivity index (χ2v) is 7.38. The molecule has 0 fully saturated rings. The molecule has 6 nitrogen and oxygen atoms in total. The molecule has 1 N–H and O–H groups in total. The molecule has 3 rings (SSSR count). The normalized spacial score (nSPS) is 12.3. The predicted octanol–water partition coefficient (Wildman–Crippen LogP) is 2.58. The van der Waals surface area contributed by atoms with Crippen molar-refractivity contribution in [2.75, 3.05) is 13.7 Å². The summed E-state index contributed by atoms with van der Waals surface area (Å²) in [4.78, 5) is 31.3. The number of nitrogens with zero attached hydrogens (tertiary/aromatic N) is 2. The van der Waals surface area contributed by atoms with E-state index in [2.05, 4.69) is 10.3 Å². The molecule has 0 spiro atoms. The van der Waals surface area contributed by atoms with Gasteiger partial charge in [-0.1, -0.05) is 30.3 Å². The Morgan fingerprint density at radius 1 is 1.35 bits per heavy atom. The summed E-state index contributed by atoms with van der Waals surface area (Å²) in [5.74, 6) is -0.244. The van der Waals surface area contributed by atoms with Crippen LogP contribution in [0.2, 0.25) is 0 Å². The molecule has 136 valence electrons. The lowest BCUT2D eigenvalue weighted by molar-refractivity contribution is -0.122. The van der Waals surface area contributed by atoms with Crippen molar-refractivity contribution in [1.29, 1.82) is 0 Å². The van der Waals surface area contributed by atoms with E-state index in [0.29, 0.717) is 16.8 Å². The Morgan fingerprint density at radius 3 is 2.77 bits per heavy atom. The Kier molecular flexibility index (Phi) is 5.49. The number of methoxy groups -OCH3 is 1. The van der Waals surface area contributed by atoms with Crippen LogP contribution >= 0.6 is 11.3 Å². The standard InChI is InChI=1S/C19H21N3O3S/c1-12(10-25-3)21-15(23)9-22-11-20-18-17(19(22)24)16(13(2)26-18)14-7-5-4-6-8-14/h4-8,11-12H,9-10H2,1-3H3,(H,21,23). The molecule has 3 aromatic rings. The first-order valence-electron chi connectivity index (χ1n) is 8.33. The van der Waals surface area contributed by atoms with Crippen LogP contribution in [-0.2, 0) is 16.1 Å². The van der Waals surface area contributed by atoms with Crippen LogP contribution in [-0.4, -0.2) is 35.2 Å². The van der Waals surface area contributed by atoms with Gasteiger partial charge >= 0.3 is 0 Å². The van der Waals surface area contributed by atoms with E-state index in [4.69, 9.17) is 4.74 Å². The lowest BCUT2D eigenvalue weighted by Gasteiger charge is -2.13. The fourth-order valence-corrected chi connectivity index (χ4v) is 3.97. The van der Waals surface area contributed by atoms with E-state index in [1.54, 1.807) is 7.11 Å². The van der Waals surface area contributed by atoms with E-state index < -0.39 is 0 Å². The second kappa shape index (κ2) is 7.80. The highest BCUT2D eigenvalue weighted by atomic mass is 32.1. The van der Waals surface area contributed by atoms with Gasteiger partial charge in [0.15, 0.2) is 0 Å². The van der Waals surface area contributed by atoms with Crippen LogP contribution in [0.3, 0.4) is 0 Å². The molecule has 2 heterocycles. The summed E-state index contributed by atoms with van der Waals surface area (Å²) in [6, 6.07) is 9.66. The van der Waals surface area contributed by atoms with Gasteiger partial charge in [-0.25, -0.2) is 4.98 Å². The maximum atomic E-state index is 13.0. The minimum Gasteiger partial charge on any atom is -0.383 e. The van der Waals surface area contributed by atoms with Crippen LogP contribution in [0.5, 0.6) is 0 Å². The number of nitrogens with one attached hydrogen (secondary N) is 1. The summed E-state index contributed by atoms with van der Waals surface area (Å²) >= 11 is 1.49. The number of amides is 1. The van der Waals surface area contributed by atoms with E-state index in [0.717, 1.165) is 16.0 Å². The molecular weight excluding hydrogens is 350 g/mol. The summed E-state index contributed by atoms with van der Waals surface area (Å²) in [7, 11) is 1.58. The molecule has 0 bridgehead atoms. The Morgan fingerprint density at radius 2 is 2.08 bits per heavy atom. The highest BCUT2D eigenvalue weighted by molar-refractivity contribution is 7.19. The summed E-state index contributed by atoms with van der Waals surface area (Å²) in [6.45, 7) is 4.18. The van der Waals surface area contributed by atoms with Crippen LogP contribution in [0.15, 0.2) is 41.5 Å². The number of fused-ring (bicyclic) bond motifs is 1. The molecule has 26 heavy (non-hydrogen) atoms. The number of hydrogen-bond acceptors (Lipinski definition) is 5. The van der Waals surface area contributed by atoms with Crippen molar-refractivity contribution in [3.63, 3.8) is 0 Å². The van der Waals surface area contributed by atoms with Gasteiger partial charge in [0.25, 0.3) is 5.56 Å². The van der Waals surface area contributed by atoms with Gasteiger partial charge in [0.1, 0.15) is 11.4 Å². The van der Waals surface area contributed by atoms with Crippen molar-refractivity contribution in [3.05, 3.63) is 51.9 Å². The van der Waals surface area contributed by atoms with Gasteiger partial charge in [-0.3, -0.25) is 14.2 Å². The lowest BCUT2D eigenvalue weighted by Crippen LogP contribution is -2.39. The molecule has 1 amide bonds. The number of aromatic nitrogens is 2. The third-order valence-corrected chi connectivity index (χ3v) is 5.07.